The molecular formula is C33H27F3N4O6S. The smallest absolute Gasteiger partial charge is 0.338 e. The number of ether oxygens (including phenoxy) is 3. The van der Waals surface area contributed by atoms with Crippen LogP contribution in [0.5, 0.6) is 11.5 Å². The minimum Gasteiger partial charge on any atom is -0.493 e. The van der Waals surface area contributed by atoms with Crippen molar-refractivity contribution in [1.29, 1.82) is 0 Å². The van der Waals surface area contributed by atoms with Gasteiger partial charge in [0.2, 0.25) is 10.0 Å². The van der Waals surface area contributed by atoms with E-state index >= 15 is 4.39 Å². The maximum atomic E-state index is 16.2. The highest BCUT2D eigenvalue weighted by molar-refractivity contribution is 7.89. The molecule has 14 heteroatoms. The van der Waals surface area contributed by atoms with Gasteiger partial charge in [0.05, 0.1) is 35.9 Å². The third kappa shape index (κ3) is 6.33. The highest BCUT2D eigenvalue weighted by Gasteiger charge is 2.32. The molecule has 0 amide bonds. The van der Waals surface area contributed by atoms with E-state index in [1.165, 1.54) is 24.3 Å². The summed E-state index contributed by atoms with van der Waals surface area (Å²) in [6.45, 7) is 1.08. The van der Waals surface area contributed by atoms with Gasteiger partial charge in [0, 0.05) is 67.0 Å². The number of halogens is 3. The fourth-order valence-corrected chi connectivity index (χ4v) is 6.90. The summed E-state index contributed by atoms with van der Waals surface area (Å²) in [5.74, 6) is -2.71. The van der Waals surface area contributed by atoms with Gasteiger partial charge in [-0.2, -0.15) is 0 Å². The molecule has 3 heterocycles. The number of benzene rings is 3. The van der Waals surface area contributed by atoms with Gasteiger partial charge in [-0.25, -0.2) is 31.1 Å². The zero-order valence-electron chi connectivity index (χ0n) is 24.8. The number of fused-ring (bicyclic) bond motifs is 1. The molecule has 1 fully saturated rings. The van der Waals surface area contributed by atoms with Gasteiger partial charge in [-0.05, 0) is 48.8 Å². The molecule has 0 radical (unpaired) electrons. The second-order valence-electron chi connectivity index (χ2n) is 11.3. The van der Waals surface area contributed by atoms with Crippen molar-refractivity contribution in [3.05, 3.63) is 101 Å². The van der Waals surface area contributed by atoms with Gasteiger partial charge < -0.3 is 24.4 Å². The Morgan fingerprint density at radius 3 is 2.53 bits per heavy atom. The normalized spacial score (nSPS) is 15.9. The standard InChI is InChI=1S/C33H27F3N4O6S/c1-44-33(41)19-8-23(13-25(9-19)46-26-11-20(34)10-21(35)12-26)38-32-30(47(42,43)39-22-2-3-22)16-37-28-15-24(14-27(36)31(28)32)40-6-4-29-18(17-40)5-7-45-29/h4,6,8-16,22,39H,2-3,5,7,17H2,1H3,(H,37,38). The molecule has 2 aliphatic heterocycles. The van der Waals surface area contributed by atoms with Crippen molar-refractivity contribution in [3.63, 3.8) is 0 Å². The van der Waals surface area contributed by atoms with Gasteiger partial charge in [-0.3, -0.25) is 4.98 Å². The number of esters is 1. The number of anilines is 3. The number of allylic oxidation sites excluding steroid dienone is 1. The van der Waals surface area contributed by atoms with Crippen LogP contribution in [0.4, 0.5) is 30.2 Å². The first-order valence-corrected chi connectivity index (χ1v) is 16.1. The summed E-state index contributed by atoms with van der Waals surface area (Å²) in [5, 5.41) is 2.85. The molecule has 0 unspecified atom stereocenters. The van der Waals surface area contributed by atoms with Crippen molar-refractivity contribution in [2.24, 2.45) is 0 Å². The summed E-state index contributed by atoms with van der Waals surface area (Å²) >= 11 is 0. The maximum absolute atomic E-state index is 16.2. The molecule has 3 aliphatic rings. The Morgan fingerprint density at radius 1 is 1.02 bits per heavy atom. The van der Waals surface area contributed by atoms with Crippen LogP contribution in [0.2, 0.25) is 0 Å². The molecule has 10 nitrogen and oxygen atoms in total. The van der Waals surface area contributed by atoms with E-state index in [2.05, 4.69) is 15.0 Å². The monoisotopic (exact) mass is 664 g/mol. The number of hydrogen-bond acceptors (Lipinski definition) is 9. The van der Waals surface area contributed by atoms with E-state index in [1.807, 2.05) is 11.0 Å². The zero-order chi connectivity index (χ0) is 32.9. The van der Waals surface area contributed by atoms with Crippen molar-refractivity contribution in [2.75, 3.05) is 30.5 Å². The van der Waals surface area contributed by atoms with Gasteiger partial charge >= 0.3 is 5.97 Å². The zero-order valence-corrected chi connectivity index (χ0v) is 25.7. The Morgan fingerprint density at radius 2 is 1.79 bits per heavy atom. The summed E-state index contributed by atoms with van der Waals surface area (Å²) in [6.07, 6.45) is 6.84. The van der Waals surface area contributed by atoms with Crippen LogP contribution >= 0.6 is 0 Å². The number of nitrogens with zero attached hydrogens (tertiary/aromatic N) is 2. The van der Waals surface area contributed by atoms with Gasteiger partial charge in [0.15, 0.2) is 0 Å². The first kappa shape index (κ1) is 30.6. The number of hydrogen-bond donors (Lipinski definition) is 2. The predicted octanol–water partition coefficient (Wildman–Crippen LogP) is 6.42. The lowest BCUT2D eigenvalue weighted by atomic mass is 10.1. The maximum Gasteiger partial charge on any atom is 0.338 e. The van der Waals surface area contributed by atoms with E-state index in [0.717, 1.165) is 43.2 Å². The highest BCUT2D eigenvalue weighted by Crippen LogP contribution is 2.39. The largest absolute Gasteiger partial charge is 0.493 e. The summed E-state index contributed by atoms with van der Waals surface area (Å²) in [6, 6.07) is 9.27. The number of methoxy groups -OCH3 is 1. The molecule has 0 bridgehead atoms. The van der Waals surface area contributed by atoms with Crippen LogP contribution in [-0.4, -0.2) is 45.7 Å². The average Bonchev–Trinajstić information content (AvgIpc) is 3.70. The van der Waals surface area contributed by atoms with E-state index in [1.54, 1.807) is 12.3 Å². The van der Waals surface area contributed by atoms with E-state index in [4.69, 9.17) is 14.2 Å². The van der Waals surface area contributed by atoms with Crippen LogP contribution < -0.4 is 19.7 Å². The first-order valence-electron chi connectivity index (χ1n) is 14.6. The number of aromatic nitrogens is 1. The Kier molecular flexibility index (Phi) is 7.76. The van der Waals surface area contributed by atoms with Crippen LogP contribution in [0.25, 0.3) is 10.9 Å². The molecule has 242 valence electrons. The second-order valence-corrected chi connectivity index (χ2v) is 13.0. The van der Waals surface area contributed by atoms with E-state index < -0.39 is 33.4 Å². The Bertz CT molecular complexity index is 2100. The molecule has 0 saturated heterocycles. The number of sulfonamides is 1. The molecule has 7 rings (SSSR count). The predicted molar refractivity (Wildman–Crippen MR) is 167 cm³/mol. The molecule has 0 spiro atoms. The fourth-order valence-electron chi connectivity index (χ4n) is 5.48. The number of carbonyl (C=O) groups is 1. The summed E-state index contributed by atoms with van der Waals surface area (Å²) in [7, 11) is -3.02. The molecule has 2 N–H and O–H groups in total. The lowest BCUT2D eigenvalue weighted by molar-refractivity contribution is 0.0600. The molecular weight excluding hydrogens is 637 g/mol. The third-order valence-electron chi connectivity index (χ3n) is 7.84. The highest BCUT2D eigenvalue weighted by atomic mass is 32.2. The molecule has 1 aromatic heterocycles. The van der Waals surface area contributed by atoms with Crippen LogP contribution in [0, 0.1) is 17.5 Å². The summed E-state index contributed by atoms with van der Waals surface area (Å²) < 4.78 is 89.8. The topological polar surface area (TPSA) is 119 Å². The molecule has 4 aromatic rings. The van der Waals surface area contributed by atoms with Crippen LogP contribution in [-0.2, 0) is 19.5 Å². The molecule has 1 saturated carbocycles. The molecule has 1 aliphatic carbocycles. The minimum atomic E-state index is -4.19. The Balaban J connectivity index is 1.33. The molecule has 0 atom stereocenters. The van der Waals surface area contributed by atoms with E-state index in [0.29, 0.717) is 37.7 Å². The van der Waals surface area contributed by atoms with Crippen molar-refractivity contribution in [2.45, 2.75) is 30.2 Å². The quantitative estimate of drug-likeness (QED) is 0.195. The molecule has 3 aromatic carbocycles. The van der Waals surface area contributed by atoms with E-state index in [9.17, 15) is 22.0 Å². The van der Waals surface area contributed by atoms with Gasteiger partial charge in [0.25, 0.3) is 0 Å². The van der Waals surface area contributed by atoms with Crippen LogP contribution in [0.1, 0.15) is 29.6 Å². The third-order valence-corrected chi connectivity index (χ3v) is 9.37. The number of nitrogens with one attached hydrogen (secondary N) is 2. The SMILES string of the molecule is COC(=O)c1cc(Nc2c(S(=O)(=O)NC3CC3)cnc3cc(N4C=CC5=C(CCO5)C4)cc(F)c23)cc(Oc2cc(F)cc(F)c2)c1. The van der Waals surface area contributed by atoms with Gasteiger partial charge in [0.1, 0.15) is 39.6 Å². The van der Waals surface area contributed by atoms with E-state index in [-0.39, 0.29) is 50.3 Å². The van der Waals surface area contributed by atoms with Crippen molar-refractivity contribution in [3.8, 4) is 11.5 Å². The number of rotatable bonds is 9. The van der Waals surface area contributed by atoms with Crippen molar-refractivity contribution < 1.29 is 40.6 Å². The first-order chi connectivity index (χ1) is 22.6. The Labute approximate surface area is 267 Å². The lowest BCUT2D eigenvalue weighted by Crippen LogP contribution is -2.26. The summed E-state index contributed by atoms with van der Waals surface area (Å²) in [5.41, 5.74) is 1.67. The van der Waals surface area contributed by atoms with Gasteiger partial charge in [-0.15, -0.1) is 0 Å². The second kappa shape index (κ2) is 11.9. The van der Waals surface area contributed by atoms with Crippen molar-refractivity contribution >= 4 is 44.0 Å². The fraction of sp³-hybridized carbons (Fsp3) is 0.212. The minimum absolute atomic E-state index is 0.0348. The van der Waals surface area contributed by atoms with Crippen LogP contribution in [0.15, 0.2) is 83.2 Å². The van der Waals surface area contributed by atoms with Crippen molar-refractivity contribution in [1.82, 2.24) is 9.71 Å². The number of carbonyl (C=O) groups excluding carboxylic acids is 1. The lowest BCUT2D eigenvalue weighted by Gasteiger charge is -2.25. The van der Waals surface area contributed by atoms with Crippen LogP contribution in [0.3, 0.4) is 0 Å². The summed E-state index contributed by atoms with van der Waals surface area (Å²) in [4.78, 5) is 18.5. The van der Waals surface area contributed by atoms with Gasteiger partial charge in [-0.1, -0.05) is 0 Å². The number of pyridine rings is 1. The Hall–Kier alpha value is -5.08. The molecule has 47 heavy (non-hydrogen) atoms. The average molecular weight is 665 g/mol.